The Labute approximate surface area is 93.7 Å². The Bertz CT molecular complexity index is 400. The van der Waals surface area contributed by atoms with Gasteiger partial charge in [0.05, 0.1) is 10.7 Å². The van der Waals surface area contributed by atoms with Gasteiger partial charge in [0.25, 0.3) is 5.92 Å². The number of allylic oxidation sites excluding steroid dienone is 1. The van der Waals surface area contributed by atoms with Gasteiger partial charge in [0.1, 0.15) is 5.60 Å². The molecule has 2 nitrogen and oxygen atoms in total. The second-order valence-electron chi connectivity index (χ2n) is 3.62. The van der Waals surface area contributed by atoms with Gasteiger partial charge in [-0.05, 0) is 40.6 Å². The van der Waals surface area contributed by atoms with Gasteiger partial charge in [-0.15, -0.1) is 0 Å². The van der Waals surface area contributed by atoms with E-state index in [-0.39, 0.29) is 18.6 Å². The molecule has 1 aliphatic rings. The third kappa shape index (κ3) is 1.99. The highest BCUT2D eigenvalue weighted by atomic mass is 79.9. The smallest absolute Gasteiger partial charge is 0.266 e. The minimum atomic E-state index is -2.83. The maximum Gasteiger partial charge on any atom is 0.266 e. The first-order valence-electron chi connectivity index (χ1n) is 4.47. The molecule has 1 N–H and O–H groups in total. The van der Waals surface area contributed by atoms with Crippen LogP contribution in [0.4, 0.5) is 8.78 Å². The second kappa shape index (κ2) is 3.42. The molecule has 0 saturated carbocycles. The average molecular weight is 279 g/mol. The highest BCUT2D eigenvalue weighted by Crippen LogP contribution is 2.41. The molecule has 1 aliphatic carbocycles. The number of hydrogen-bond donors (Lipinski definition) is 1. The standard InChI is InChI=1S/C10H9BrF2O2/c11-7-1-6-15-8(7)9(14)2-4-10(12,13)5-3-9/h1-2,4,6,14H,3,5H2. The van der Waals surface area contributed by atoms with Crippen LogP contribution in [0, 0.1) is 0 Å². The largest absolute Gasteiger partial charge is 0.465 e. The fourth-order valence-corrected chi connectivity index (χ4v) is 2.12. The quantitative estimate of drug-likeness (QED) is 0.801. The Morgan fingerprint density at radius 1 is 1.33 bits per heavy atom. The molecule has 0 aromatic carbocycles. The molecule has 82 valence electrons. The van der Waals surface area contributed by atoms with Crippen molar-refractivity contribution in [1.82, 2.24) is 0 Å². The first-order valence-corrected chi connectivity index (χ1v) is 5.26. The number of hydrogen-bond acceptors (Lipinski definition) is 2. The fourth-order valence-electron chi connectivity index (χ4n) is 1.58. The Kier molecular flexibility index (Phi) is 2.47. The van der Waals surface area contributed by atoms with Crippen LogP contribution in [-0.2, 0) is 5.60 Å². The van der Waals surface area contributed by atoms with Crippen LogP contribution >= 0.6 is 15.9 Å². The molecule has 1 aromatic rings. The van der Waals surface area contributed by atoms with Crippen molar-refractivity contribution in [3.63, 3.8) is 0 Å². The van der Waals surface area contributed by atoms with Gasteiger partial charge in [0, 0.05) is 6.42 Å². The first-order chi connectivity index (χ1) is 6.93. The van der Waals surface area contributed by atoms with E-state index in [2.05, 4.69) is 15.9 Å². The summed E-state index contributed by atoms with van der Waals surface area (Å²) in [6, 6.07) is 1.62. The van der Waals surface area contributed by atoms with E-state index < -0.39 is 11.5 Å². The molecule has 0 aliphatic heterocycles. The number of furan rings is 1. The minimum Gasteiger partial charge on any atom is -0.465 e. The van der Waals surface area contributed by atoms with E-state index in [0.29, 0.717) is 4.47 Å². The van der Waals surface area contributed by atoms with Gasteiger partial charge in [0.15, 0.2) is 5.76 Å². The maximum atomic E-state index is 12.8. The molecule has 0 fully saturated rings. The van der Waals surface area contributed by atoms with Crippen molar-refractivity contribution >= 4 is 15.9 Å². The summed E-state index contributed by atoms with van der Waals surface area (Å²) in [5.41, 5.74) is -1.43. The van der Waals surface area contributed by atoms with Crippen LogP contribution in [0.2, 0.25) is 0 Å². The molecule has 1 atom stereocenters. The van der Waals surface area contributed by atoms with E-state index in [9.17, 15) is 13.9 Å². The molecule has 0 amide bonds. The summed E-state index contributed by atoms with van der Waals surface area (Å²) in [5.74, 6) is -2.56. The third-order valence-corrected chi connectivity index (χ3v) is 3.08. The van der Waals surface area contributed by atoms with Gasteiger partial charge < -0.3 is 9.52 Å². The molecular formula is C10H9BrF2O2. The molecule has 15 heavy (non-hydrogen) atoms. The summed E-state index contributed by atoms with van der Waals surface area (Å²) in [6.07, 6.45) is 2.79. The predicted molar refractivity (Wildman–Crippen MR) is 53.6 cm³/mol. The van der Waals surface area contributed by atoms with Crippen molar-refractivity contribution in [2.75, 3.05) is 0 Å². The molecular weight excluding hydrogens is 270 g/mol. The van der Waals surface area contributed by atoms with E-state index >= 15 is 0 Å². The molecule has 0 radical (unpaired) electrons. The monoisotopic (exact) mass is 278 g/mol. The Morgan fingerprint density at radius 2 is 2.07 bits per heavy atom. The SMILES string of the molecule is OC1(c2occc2Br)C=CC(F)(F)CC1. The fraction of sp³-hybridized carbons (Fsp3) is 0.400. The van der Waals surface area contributed by atoms with Crippen LogP contribution < -0.4 is 0 Å². The summed E-state index contributed by atoms with van der Waals surface area (Å²) in [7, 11) is 0. The molecule has 5 heteroatoms. The molecule has 0 bridgehead atoms. The summed E-state index contributed by atoms with van der Waals surface area (Å²) in [6.45, 7) is 0. The molecule has 0 spiro atoms. The van der Waals surface area contributed by atoms with E-state index in [4.69, 9.17) is 4.42 Å². The molecule has 1 unspecified atom stereocenters. The predicted octanol–water partition coefficient (Wildman–Crippen LogP) is 3.22. The number of alkyl halides is 2. The lowest BCUT2D eigenvalue weighted by atomic mass is 9.87. The normalized spacial score (nSPS) is 29.3. The Hall–Kier alpha value is -0.680. The van der Waals surface area contributed by atoms with E-state index in [1.165, 1.54) is 6.26 Å². The lowest BCUT2D eigenvalue weighted by molar-refractivity contribution is -0.0226. The summed E-state index contributed by atoms with van der Waals surface area (Å²) in [5, 5.41) is 10.1. The van der Waals surface area contributed by atoms with E-state index in [0.717, 1.165) is 12.2 Å². The summed E-state index contributed by atoms with van der Waals surface area (Å²) >= 11 is 3.19. The van der Waals surface area contributed by atoms with Crippen LogP contribution in [0.25, 0.3) is 0 Å². The number of aliphatic hydroxyl groups is 1. The molecule has 0 saturated heterocycles. The zero-order valence-corrected chi connectivity index (χ0v) is 9.30. The van der Waals surface area contributed by atoms with Crippen LogP contribution in [0.1, 0.15) is 18.6 Å². The highest BCUT2D eigenvalue weighted by Gasteiger charge is 2.41. The van der Waals surface area contributed by atoms with Gasteiger partial charge in [-0.25, -0.2) is 8.78 Å². The molecule has 1 heterocycles. The van der Waals surface area contributed by atoms with Crippen molar-refractivity contribution in [2.45, 2.75) is 24.4 Å². The molecule has 1 aromatic heterocycles. The van der Waals surface area contributed by atoms with Crippen molar-refractivity contribution in [2.24, 2.45) is 0 Å². The molecule has 2 rings (SSSR count). The van der Waals surface area contributed by atoms with Crippen LogP contribution in [0.3, 0.4) is 0 Å². The van der Waals surface area contributed by atoms with Crippen LogP contribution in [-0.4, -0.2) is 11.0 Å². The minimum absolute atomic E-state index is 0.0530. The van der Waals surface area contributed by atoms with E-state index in [1.807, 2.05) is 0 Å². The van der Waals surface area contributed by atoms with E-state index in [1.54, 1.807) is 6.07 Å². The third-order valence-electron chi connectivity index (χ3n) is 2.45. The van der Waals surface area contributed by atoms with Gasteiger partial charge in [-0.3, -0.25) is 0 Å². The first kappa shape index (κ1) is 10.8. The summed E-state index contributed by atoms with van der Waals surface area (Å²) < 4.78 is 31.4. The van der Waals surface area contributed by atoms with Gasteiger partial charge in [-0.1, -0.05) is 0 Å². The number of halogens is 3. The van der Waals surface area contributed by atoms with Gasteiger partial charge in [0.2, 0.25) is 0 Å². The van der Waals surface area contributed by atoms with Crippen LogP contribution in [0.15, 0.2) is 33.4 Å². The highest BCUT2D eigenvalue weighted by molar-refractivity contribution is 9.10. The zero-order chi connectivity index (χ0) is 11.1. The summed E-state index contributed by atoms with van der Waals surface area (Å²) in [4.78, 5) is 0. The van der Waals surface area contributed by atoms with Crippen molar-refractivity contribution in [1.29, 1.82) is 0 Å². The lowest BCUT2D eigenvalue weighted by Gasteiger charge is -2.29. The topological polar surface area (TPSA) is 33.4 Å². The van der Waals surface area contributed by atoms with Crippen molar-refractivity contribution in [3.8, 4) is 0 Å². The van der Waals surface area contributed by atoms with Crippen molar-refractivity contribution < 1.29 is 18.3 Å². The zero-order valence-electron chi connectivity index (χ0n) is 7.71. The van der Waals surface area contributed by atoms with Crippen LogP contribution in [0.5, 0.6) is 0 Å². The maximum absolute atomic E-state index is 12.8. The Balaban J connectivity index is 2.35. The Morgan fingerprint density at radius 3 is 2.53 bits per heavy atom. The van der Waals surface area contributed by atoms with Gasteiger partial charge >= 0.3 is 0 Å². The number of rotatable bonds is 1. The second-order valence-corrected chi connectivity index (χ2v) is 4.47. The lowest BCUT2D eigenvalue weighted by Crippen LogP contribution is -2.31. The van der Waals surface area contributed by atoms with Gasteiger partial charge in [-0.2, -0.15) is 0 Å². The van der Waals surface area contributed by atoms with Crippen molar-refractivity contribution in [3.05, 3.63) is 34.7 Å². The average Bonchev–Trinajstić information content (AvgIpc) is 2.58.